The summed E-state index contributed by atoms with van der Waals surface area (Å²) in [6.45, 7) is 10.5. The number of nitrogens with zero attached hydrogens (tertiary/aromatic N) is 2. The summed E-state index contributed by atoms with van der Waals surface area (Å²) in [5, 5.41) is 0. The van der Waals surface area contributed by atoms with Crippen LogP contribution in [0.4, 0.5) is 0 Å². The fraction of sp³-hybridized carbons (Fsp3) is 0.727. The Morgan fingerprint density at radius 1 is 1.46 bits per heavy atom. The van der Waals surface area contributed by atoms with Crippen molar-refractivity contribution in [2.24, 2.45) is 4.99 Å². The van der Waals surface area contributed by atoms with E-state index in [2.05, 4.69) is 57.6 Å². The molecule has 2 heteroatoms. The first-order chi connectivity index (χ1) is 6.02. The minimum Gasteiger partial charge on any atom is -0.338 e. The Balaban J connectivity index is 4.59. The highest BCUT2D eigenvalue weighted by Crippen LogP contribution is 2.05. The second-order valence-electron chi connectivity index (χ2n) is 3.48. The molecular formula is C11H22N2. The van der Waals surface area contributed by atoms with Crippen molar-refractivity contribution in [2.75, 3.05) is 7.05 Å². The molecule has 76 valence electrons. The maximum atomic E-state index is 4.57. The second-order valence-corrected chi connectivity index (χ2v) is 3.48. The van der Waals surface area contributed by atoms with Gasteiger partial charge in [-0.15, -0.1) is 0 Å². The van der Waals surface area contributed by atoms with E-state index < -0.39 is 0 Å². The summed E-state index contributed by atoms with van der Waals surface area (Å²) in [7, 11) is 2.07. The van der Waals surface area contributed by atoms with Crippen LogP contribution in [0.15, 0.2) is 16.8 Å². The van der Waals surface area contributed by atoms with Gasteiger partial charge in [0.25, 0.3) is 0 Å². The number of amidine groups is 1. The predicted molar refractivity (Wildman–Crippen MR) is 60.1 cm³/mol. The molecule has 13 heavy (non-hydrogen) atoms. The van der Waals surface area contributed by atoms with Crippen LogP contribution >= 0.6 is 0 Å². The van der Waals surface area contributed by atoms with Crippen molar-refractivity contribution in [1.82, 2.24) is 4.90 Å². The molecule has 0 saturated carbocycles. The van der Waals surface area contributed by atoms with Crippen molar-refractivity contribution < 1.29 is 0 Å². The first kappa shape index (κ1) is 12.2. The lowest BCUT2D eigenvalue weighted by molar-refractivity contribution is 0.599. The van der Waals surface area contributed by atoms with E-state index in [4.69, 9.17) is 0 Å². The quantitative estimate of drug-likeness (QED) is 0.484. The highest BCUT2D eigenvalue weighted by molar-refractivity contribution is 5.83. The lowest BCUT2D eigenvalue weighted by atomic mass is 10.3. The standard InChI is InChI=1S/C11H22N2/c1-7-10(5)13(6)11(8-2)12-9(3)4/h7,9H,8H2,1-6H3/b10-7+,12-11?. The molecule has 0 aromatic heterocycles. The third-order valence-corrected chi connectivity index (χ3v) is 2.06. The van der Waals surface area contributed by atoms with E-state index in [0.29, 0.717) is 6.04 Å². The van der Waals surface area contributed by atoms with Crippen LogP contribution in [0.1, 0.15) is 41.0 Å². The maximum absolute atomic E-state index is 4.57. The van der Waals surface area contributed by atoms with Gasteiger partial charge in [0.15, 0.2) is 0 Å². The van der Waals surface area contributed by atoms with Gasteiger partial charge in [-0.2, -0.15) is 0 Å². The van der Waals surface area contributed by atoms with E-state index in [1.165, 1.54) is 5.70 Å². The summed E-state index contributed by atoms with van der Waals surface area (Å²) < 4.78 is 0. The van der Waals surface area contributed by atoms with E-state index in [-0.39, 0.29) is 0 Å². The zero-order valence-corrected chi connectivity index (χ0v) is 9.76. The van der Waals surface area contributed by atoms with E-state index >= 15 is 0 Å². The van der Waals surface area contributed by atoms with Crippen molar-refractivity contribution in [2.45, 2.75) is 47.1 Å². The molecule has 0 aliphatic heterocycles. The summed E-state index contributed by atoms with van der Waals surface area (Å²) in [5.74, 6) is 1.16. The summed E-state index contributed by atoms with van der Waals surface area (Å²) in [6.07, 6.45) is 3.09. The Morgan fingerprint density at radius 2 is 2.00 bits per heavy atom. The van der Waals surface area contributed by atoms with Crippen molar-refractivity contribution >= 4 is 5.84 Å². The van der Waals surface area contributed by atoms with Gasteiger partial charge >= 0.3 is 0 Å². The van der Waals surface area contributed by atoms with E-state index in [0.717, 1.165) is 12.3 Å². The van der Waals surface area contributed by atoms with Crippen LogP contribution in [0, 0.1) is 0 Å². The van der Waals surface area contributed by atoms with Crippen LogP contribution in [0.2, 0.25) is 0 Å². The Bertz CT molecular complexity index is 202. The third kappa shape index (κ3) is 4.11. The Hall–Kier alpha value is -0.790. The lowest BCUT2D eigenvalue weighted by Gasteiger charge is -2.21. The molecule has 0 fully saturated rings. The smallest absolute Gasteiger partial charge is 0.103 e. The van der Waals surface area contributed by atoms with Gasteiger partial charge in [0.2, 0.25) is 0 Å². The SMILES string of the molecule is C/C=C(\C)N(C)C(CC)=NC(C)C. The van der Waals surface area contributed by atoms with Crippen LogP contribution in [0.25, 0.3) is 0 Å². The zero-order valence-electron chi connectivity index (χ0n) is 9.76. The molecule has 0 rings (SSSR count). The number of hydrogen-bond donors (Lipinski definition) is 0. The van der Waals surface area contributed by atoms with Gasteiger partial charge in [0.05, 0.1) is 0 Å². The molecule has 0 saturated heterocycles. The Kier molecular flexibility index (Phi) is 5.44. The Morgan fingerprint density at radius 3 is 2.31 bits per heavy atom. The van der Waals surface area contributed by atoms with Crippen LogP contribution in [0.5, 0.6) is 0 Å². The minimum absolute atomic E-state index is 0.377. The maximum Gasteiger partial charge on any atom is 0.103 e. The number of aliphatic imine (C=N–C) groups is 1. The molecule has 0 aromatic rings. The van der Waals surface area contributed by atoms with Crippen molar-refractivity contribution in [3.05, 3.63) is 11.8 Å². The van der Waals surface area contributed by atoms with Crippen molar-refractivity contribution in [3.8, 4) is 0 Å². The van der Waals surface area contributed by atoms with Gasteiger partial charge in [0, 0.05) is 25.2 Å². The van der Waals surface area contributed by atoms with E-state index in [1.54, 1.807) is 0 Å². The summed E-state index contributed by atoms with van der Waals surface area (Å²) in [4.78, 5) is 6.72. The fourth-order valence-electron chi connectivity index (χ4n) is 1.11. The van der Waals surface area contributed by atoms with Gasteiger partial charge in [-0.25, -0.2) is 0 Å². The van der Waals surface area contributed by atoms with Gasteiger partial charge in [-0.3, -0.25) is 4.99 Å². The van der Waals surface area contributed by atoms with Crippen LogP contribution in [-0.2, 0) is 0 Å². The van der Waals surface area contributed by atoms with Gasteiger partial charge < -0.3 is 4.90 Å². The van der Waals surface area contributed by atoms with Crippen molar-refractivity contribution in [1.29, 1.82) is 0 Å². The predicted octanol–water partition coefficient (Wildman–Crippen LogP) is 3.06. The summed E-state index contributed by atoms with van der Waals surface area (Å²) >= 11 is 0. The molecule has 0 heterocycles. The molecule has 0 unspecified atom stereocenters. The molecule has 0 bridgehead atoms. The monoisotopic (exact) mass is 182 g/mol. The van der Waals surface area contributed by atoms with E-state index in [1.807, 2.05) is 0 Å². The molecule has 2 nitrogen and oxygen atoms in total. The van der Waals surface area contributed by atoms with Crippen LogP contribution in [-0.4, -0.2) is 23.8 Å². The average Bonchev–Trinajstić information content (AvgIpc) is 2.11. The Labute approximate surface area is 82.4 Å². The second kappa shape index (κ2) is 5.79. The van der Waals surface area contributed by atoms with Gasteiger partial charge in [0.1, 0.15) is 5.84 Å². The highest BCUT2D eigenvalue weighted by Gasteiger charge is 2.05. The molecule has 0 N–H and O–H groups in total. The highest BCUT2D eigenvalue weighted by atomic mass is 15.2. The molecular weight excluding hydrogens is 160 g/mol. The normalized spacial score (nSPS) is 13.8. The number of allylic oxidation sites excluding steroid dienone is 2. The molecule has 0 radical (unpaired) electrons. The minimum atomic E-state index is 0.377. The first-order valence-electron chi connectivity index (χ1n) is 4.96. The molecule has 0 aliphatic carbocycles. The van der Waals surface area contributed by atoms with Gasteiger partial charge in [-0.05, 0) is 27.7 Å². The topological polar surface area (TPSA) is 15.6 Å². The van der Waals surface area contributed by atoms with Crippen LogP contribution < -0.4 is 0 Å². The number of rotatable bonds is 3. The zero-order chi connectivity index (χ0) is 10.4. The molecule has 0 atom stereocenters. The average molecular weight is 182 g/mol. The number of hydrogen-bond acceptors (Lipinski definition) is 1. The summed E-state index contributed by atoms with van der Waals surface area (Å²) in [5.41, 5.74) is 1.25. The third-order valence-electron chi connectivity index (χ3n) is 2.06. The molecule has 0 aliphatic rings. The summed E-state index contributed by atoms with van der Waals surface area (Å²) in [6, 6.07) is 0.377. The van der Waals surface area contributed by atoms with Crippen LogP contribution in [0.3, 0.4) is 0 Å². The largest absolute Gasteiger partial charge is 0.338 e. The molecule has 0 aromatic carbocycles. The van der Waals surface area contributed by atoms with Crippen molar-refractivity contribution in [3.63, 3.8) is 0 Å². The molecule has 0 amide bonds. The molecule has 0 spiro atoms. The first-order valence-corrected chi connectivity index (χ1v) is 4.96. The lowest BCUT2D eigenvalue weighted by Crippen LogP contribution is -2.25. The van der Waals surface area contributed by atoms with Gasteiger partial charge in [-0.1, -0.05) is 13.0 Å². The fourth-order valence-corrected chi connectivity index (χ4v) is 1.11. The van der Waals surface area contributed by atoms with E-state index in [9.17, 15) is 0 Å².